The van der Waals surface area contributed by atoms with Gasteiger partial charge in [-0.1, -0.05) is 50.6 Å². The highest BCUT2D eigenvalue weighted by atomic mass is 35.5. The number of pyridine rings is 1. The van der Waals surface area contributed by atoms with E-state index in [1.54, 1.807) is 36.2 Å². The van der Waals surface area contributed by atoms with Crippen LogP contribution in [0.15, 0.2) is 34.5 Å². The van der Waals surface area contributed by atoms with Crippen molar-refractivity contribution in [2.24, 2.45) is 16.4 Å². The normalized spacial score (nSPS) is 20.2. The van der Waals surface area contributed by atoms with Crippen LogP contribution in [0.5, 0.6) is 0 Å². The molecule has 1 saturated carbocycles. The lowest BCUT2D eigenvalue weighted by Crippen LogP contribution is -2.26. The first kappa shape index (κ1) is 17.5. The lowest BCUT2D eigenvalue weighted by Gasteiger charge is -2.29. The Bertz CT molecular complexity index is 704. The van der Waals surface area contributed by atoms with Crippen LogP contribution in [0.3, 0.4) is 0 Å². The van der Waals surface area contributed by atoms with Gasteiger partial charge < -0.3 is 0 Å². The van der Waals surface area contributed by atoms with E-state index < -0.39 is 0 Å². The predicted molar refractivity (Wildman–Crippen MR) is 100 cm³/mol. The van der Waals surface area contributed by atoms with Crippen molar-refractivity contribution in [2.45, 2.75) is 40.0 Å². The predicted octanol–water partition coefficient (Wildman–Crippen LogP) is 4.97. The molecule has 1 aromatic rings. The quantitative estimate of drug-likeness (QED) is 0.430. The Kier molecular flexibility index (Phi) is 5.02. The zero-order valence-electron chi connectivity index (χ0n) is 14.3. The van der Waals surface area contributed by atoms with Gasteiger partial charge in [-0.15, -0.1) is 0 Å². The van der Waals surface area contributed by atoms with E-state index in [-0.39, 0.29) is 16.4 Å². The Labute approximate surface area is 152 Å². The number of halogens is 1. The van der Waals surface area contributed by atoms with Crippen LogP contribution in [-0.2, 0) is 0 Å². The van der Waals surface area contributed by atoms with Crippen LogP contribution >= 0.6 is 23.4 Å². The van der Waals surface area contributed by atoms with Gasteiger partial charge in [0.1, 0.15) is 15.2 Å². The lowest BCUT2D eigenvalue weighted by molar-refractivity contribution is 0.104. The molecular formula is C18H22ClN3OS. The molecule has 0 bridgehead atoms. The molecule has 0 saturated heterocycles. The average Bonchev–Trinajstić information content (AvgIpc) is 2.86. The lowest BCUT2D eigenvalue weighted by atomic mass is 9.85. The summed E-state index contributed by atoms with van der Waals surface area (Å²) in [6.45, 7) is 7.31. The fourth-order valence-corrected chi connectivity index (χ4v) is 3.79. The first-order valence-electron chi connectivity index (χ1n) is 8.25. The van der Waals surface area contributed by atoms with Crippen molar-refractivity contribution in [3.05, 3.63) is 40.2 Å². The van der Waals surface area contributed by atoms with Crippen molar-refractivity contribution in [3.8, 4) is 0 Å². The monoisotopic (exact) mass is 363 g/mol. The number of ketones is 1. The maximum Gasteiger partial charge on any atom is 0.191 e. The molecule has 1 aliphatic heterocycles. The van der Waals surface area contributed by atoms with E-state index >= 15 is 0 Å². The van der Waals surface area contributed by atoms with E-state index in [2.05, 4.69) is 25.8 Å². The summed E-state index contributed by atoms with van der Waals surface area (Å²) in [4.78, 5) is 16.6. The minimum atomic E-state index is -0.125. The maximum absolute atomic E-state index is 12.6. The summed E-state index contributed by atoms with van der Waals surface area (Å²) in [7, 11) is 0. The second-order valence-corrected chi connectivity index (χ2v) is 8.69. The van der Waals surface area contributed by atoms with Crippen molar-refractivity contribution in [3.63, 3.8) is 0 Å². The van der Waals surface area contributed by atoms with Gasteiger partial charge in [-0.3, -0.25) is 9.80 Å². The molecule has 0 N–H and O–H groups in total. The van der Waals surface area contributed by atoms with E-state index in [1.165, 1.54) is 19.3 Å². The molecule has 0 aromatic carbocycles. The number of allylic oxidation sites excluding steroid dienone is 1. The van der Waals surface area contributed by atoms with Crippen molar-refractivity contribution in [2.75, 3.05) is 6.54 Å². The maximum atomic E-state index is 12.6. The largest absolute Gasteiger partial charge is 0.289 e. The van der Waals surface area contributed by atoms with E-state index in [9.17, 15) is 4.79 Å². The molecule has 24 heavy (non-hydrogen) atoms. The number of carbonyl (C=O) groups is 1. The average molecular weight is 364 g/mol. The summed E-state index contributed by atoms with van der Waals surface area (Å²) in [5.41, 5.74) is 0.396. The third-order valence-electron chi connectivity index (χ3n) is 4.24. The zero-order valence-corrected chi connectivity index (χ0v) is 15.8. The van der Waals surface area contributed by atoms with Crippen molar-refractivity contribution >= 4 is 34.2 Å². The minimum Gasteiger partial charge on any atom is -0.289 e. The third-order valence-corrected chi connectivity index (χ3v) is 5.97. The summed E-state index contributed by atoms with van der Waals surface area (Å²) in [5, 5.41) is 8.94. The highest BCUT2D eigenvalue weighted by Gasteiger charge is 2.32. The number of aromatic nitrogens is 1. The molecule has 6 heteroatoms. The molecule has 2 aliphatic rings. The van der Waals surface area contributed by atoms with Crippen molar-refractivity contribution in [1.82, 2.24) is 9.99 Å². The molecule has 4 nitrogen and oxygen atoms in total. The molecule has 1 fully saturated rings. The van der Waals surface area contributed by atoms with Crippen LogP contribution in [-0.4, -0.2) is 27.4 Å². The molecule has 0 atom stereocenters. The van der Waals surface area contributed by atoms with Gasteiger partial charge >= 0.3 is 0 Å². The van der Waals surface area contributed by atoms with E-state index in [1.807, 2.05) is 5.01 Å². The molecule has 2 heterocycles. The number of hydrogen-bond acceptors (Lipinski definition) is 5. The van der Waals surface area contributed by atoms with Crippen LogP contribution < -0.4 is 0 Å². The second-order valence-electron chi connectivity index (χ2n) is 7.32. The highest BCUT2D eigenvalue weighted by Crippen LogP contribution is 2.40. The molecule has 1 aromatic heterocycles. The van der Waals surface area contributed by atoms with Gasteiger partial charge in [0, 0.05) is 24.2 Å². The molecule has 0 amide bonds. The van der Waals surface area contributed by atoms with E-state index in [0.717, 1.165) is 16.6 Å². The summed E-state index contributed by atoms with van der Waals surface area (Å²) >= 11 is 7.63. The number of hydrazone groups is 1. The van der Waals surface area contributed by atoms with E-state index in [4.69, 9.17) is 16.7 Å². The Morgan fingerprint density at radius 3 is 2.79 bits per heavy atom. The fraction of sp³-hybridized carbons (Fsp3) is 0.500. The van der Waals surface area contributed by atoms with Crippen LogP contribution in [0, 0.1) is 11.3 Å². The smallest absolute Gasteiger partial charge is 0.191 e. The van der Waals surface area contributed by atoms with Gasteiger partial charge in [-0.2, -0.15) is 5.10 Å². The van der Waals surface area contributed by atoms with Crippen LogP contribution in [0.4, 0.5) is 0 Å². The number of rotatable bonds is 4. The third kappa shape index (κ3) is 3.83. The molecule has 0 spiro atoms. The Balaban J connectivity index is 1.84. The van der Waals surface area contributed by atoms with Gasteiger partial charge in [-0.05, 0) is 30.9 Å². The van der Waals surface area contributed by atoms with Gasteiger partial charge in [0.25, 0.3) is 0 Å². The molecule has 1 aliphatic carbocycles. The Hall–Kier alpha value is -1.33. The highest BCUT2D eigenvalue weighted by molar-refractivity contribution is 8.17. The SMILES string of the molecule is CC(C)(C)C1=NN(CC2CCC2)C(=CC(=O)c2cccnc2Cl)S1. The molecule has 3 rings (SSSR count). The number of thioether (sulfide) groups is 1. The van der Waals surface area contributed by atoms with Crippen LogP contribution in [0.1, 0.15) is 50.4 Å². The standard InChI is InChI=1S/C18H22ClN3OS/c1-18(2,3)17-21-22(11-12-6-4-7-12)15(24-17)10-14(23)13-8-5-9-20-16(13)19/h5,8-10,12H,4,6-7,11H2,1-3H3. The molecule has 0 unspecified atom stereocenters. The van der Waals surface area contributed by atoms with E-state index in [0.29, 0.717) is 11.5 Å². The second kappa shape index (κ2) is 6.89. The molecular weight excluding hydrogens is 342 g/mol. The first-order valence-corrected chi connectivity index (χ1v) is 9.45. The zero-order chi connectivity index (χ0) is 17.3. The topological polar surface area (TPSA) is 45.6 Å². The summed E-state index contributed by atoms with van der Waals surface area (Å²) in [6.07, 6.45) is 7.02. The Morgan fingerprint density at radius 2 is 2.21 bits per heavy atom. The van der Waals surface area contributed by atoms with Gasteiger partial charge in [-0.25, -0.2) is 4.98 Å². The van der Waals surface area contributed by atoms with Crippen molar-refractivity contribution < 1.29 is 4.79 Å². The van der Waals surface area contributed by atoms with Crippen LogP contribution in [0.2, 0.25) is 5.15 Å². The molecule has 0 radical (unpaired) electrons. The van der Waals surface area contributed by atoms with Gasteiger partial charge in [0.15, 0.2) is 5.78 Å². The fourth-order valence-electron chi connectivity index (χ4n) is 2.55. The number of hydrogen-bond donors (Lipinski definition) is 0. The molecule has 128 valence electrons. The van der Waals surface area contributed by atoms with Gasteiger partial charge in [0.2, 0.25) is 0 Å². The minimum absolute atomic E-state index is 0.0346. The van der Waals surface area contributed by atoms with Crippen LogP contribution in [0.25, 0.3) is 0 Å². The summed E-state index contributed by atoms with van der Waals surface area (Å²) in [6, 6.07) is 3.43. The Morgan fingerprint density at radius 1 is 1.46 bits per heavy atom. The van der Waals surface area contributed by atoms with Gasteiger partial charge in [0.05, 0.1) is 5.56 Å². The first-order chi connectivity index (χ1) is 11.3. The number of carbonyl (C=O) groups excluding carboxylic acids is 1. The number of nitrogens with zero attached hydrogens (tertiary/aromatic N) is 3. The summed E-state index contributed by atoms with van der Waals surface area (Å²) in [5.74, 6) is 0.550. The van der Waals surface area contributed by atoms with Crippen molar-refractivity contribution in [1.29, 1.82) is 0 Å². The summed E-state index contributed by atoms with van der Waals surface area (Å²) < 4.78 is 0.